The molecule has 0 bridgehead atoms. The van der Waals surface area contributed by atoms with Crippen molar-refractivity contribution in [3.05, 3.63) is 121 Å². The zero-order valence-electron chi connectivity index (χ0n) is 20.6. The highest BCUT2D eigenvalue weighted by atomic mass is 79.9. The number of hydrogen-bond acceptors (Lipinski definition) is 5. The second-order valence-corrected chi connectivity index (χ2v) is 9.83. The summed E-state index contributed by atoms with van der Waals surface area (Å²) < 4.78 is 31.6. The Morgan fingerprint density at radius 2 is 1.69 bits per heavy atom. The van der Waals surface area contributed by atoms with E-state index in [1.54, 1.807) is 72.8 Å². The van der Waals surface area contributed by atoms with Gasteiger partial charge in [-0.3, -0.25) is 4.79 Å². The van der Waals surface area contributed by atoms with E-state index in [-0.39, 0.29) is 19.0 Å². The number of nitrogens with one attached hydrogen (secondary N) is 1. The Balaban J connectivity index is 1.42. The minimum Gasteiger partial charge on any atom is -0.493 e. The summed E-state index contributed by atoms with van der Waals surface area (Å²) in [5.41, 5.74) is 4.58. The van der Waals surface area contributed by atoms with Gasteiger partial charge in [-0.1, -0.05) is 59.6 Å². The summed E-state index contributed by atoms with van der Waals surface area (Å²) in [5, 5.41) is 5.07. The van der Waals surface area contributed by atoms with Crippen molar-refractivity contribution in [1.29, 1.82) is 0 Å². The fraction of sp³-hybridized carbons (Fsp3) is 0.103. The van der Waals surface area contributed by atoms with Crippen molar-refractivity contribution < 1.29 is 23.4 Å². The van der Waals surface area contributed by atoms with Gasteiger partial charge in [0.1, 0.15) is 24.8 Å². The fourth-order valence-corrected chi connectivity index (χ4v) is 4.56. The predicted molar refractivity (Wildman–Crippen MR) is 154 cm³/mol. The van der Waals surface area contributed by atoms with Crippen LogP contribution in [0.2, 0.25) is 10.0 Å². The lowest BCUT2D eigenvalue weighted by Gasteiger charge is -2.14. The second-order valence-electron chi connectivity index (χ2n) is 8.13. The van der Waals surface area contributed by atoms with Crippen LogP contribution >= 0.6 is 39.1 Å². The fourth-order valence-electron chi connectivity index (χ4n) is 3.52. The molecule has 0 heterocycles. The average Bonchev–Trinajstić information content (AvgIpc) is 2.92. The summed E-state index contributed by atoms with van der Waals surface area (Å²) in [5.74, 6) is 0.381. The van der Waals surface area contributed by atoms with E-state index in [2.05, 4.69) is 26.5 Å². The van der Waals surface area contributed by atoms with E-state index in [0.29, 0.717) is 48.5 Å². The first-order valence-electron chi connectivity index (χ1n) is 11.6. The van der Waals surface area contributed by atoms with Crippen LogP contribution in [0.3, 0.4) is 0 Å². The van der Waals surface area contributed by atoms with Crippen LogP contribution in [0.15, 0.2) is 88.4 Å². The number of methoxy groups -OCH3 is 1. The van der Waals surface area contributed by atoms with Gasteiger partial charge in [-0.05, 0) is 64.0 Å². The van der Waals surface area contributed by atoms with Crippen LogP contribution in [0.5, 0.6) is 17.2 Å². The number of hydrazone groups is 1. The largest absolute Gasteiger partial charge is 0.493 e. The molecular formula is C29H22BrCl2FN2O4. The van der Waals surface area contributed by atoms with E-state index in [1.165, 1.54) is 19.4 Å². The molecule has 4 rings (SSSR count). The third-order valence-electron chi connectivity index (χ3n) is 5.49. The number of benzene rings is 4. The maximum absolute atomic E-state index is 13.9. The molecule has 0 fully saturated rings. The quantitative estimate of drug-likeness (QED) is 0.143. The van der Waals surface area contributed by atoms with Crippen LogP contribution in [0.4, 0.5) is 4.39 Å². The number of nitrogens with zero attached hydrogens (tertiary/aromatic N) is 1. The number of carbonyl (C=O) groups is 1. The van der Waals surface area contributed by atoms with Gasteiger partial charge in [0.25, 0.3) is 5.91 Å². The molecule has 0 atom stereocenters. The standard InChI is InChI=1S/C29H22BrCl2FN2O4/c1-37-27-13-18(12-23(30)28(27)39-17-20-6-2-4-8-25(20)33)15-34-35-29(36)22-7-3-5-9-26(22)38-16-19-10-11-21(31)14-24(19)32/h2-15H,16-17H2,1H3,(H,35,36)/b34-15+. The van der Waals surface area contributed by atoms with Crippen LogP contribution in [0.1, 0.15) is 27.0 Å². The molecule has 1 amide bonds. The predicted octanol–water partition coefficient (Wildman–Crippen LogP) is 7.83. The van der Waals surface area contributed by atoms with Crippen LogP contribution in [0.25, 0.3) is 0 Å². The Morgan fingerprint density at radius 1 is 0.949 bits per heavy atom. The van der Waals surface area contributed by atoms with Crippen molar-refractivity contribution in [2.24, 2.45) is 5.10 Å². The van der Waals surface area contributed by atoms with Crippen molar-refractivity contribution in [2.75, 3.05) is 7.11 Å². The first-order valence-corrected chi connectivity index (χ1v) is 13.1. The van der Waals surface area contributed by atoms with Crippen LogP contribution < -0.4 is 19.6 Å². The lowest BCUT2D eigenvalue weighted by Crippen LogP contribution is -2.18. The monoisotopic (exact) mass is 630 g/mol. The van der Waals surface area contributed by atoms with Crippen LogP contribution in [-0.4, -0.2) is 19.2 Å². The third-order valence-corrected chi connectivity index (χ3v) is 6.67. The summed E-state index contributed by atoms with van der Waals surface area (Å²) >= 11 is 15.6. The molecule has 6 nitrogen and oxygen atoms in total. The Hall–Kier alpha value is -3.59. The zero-order valence-corrected chi connectivity index (χ0v) is 23.7. The maximum Gasteiger partial charge on any atom is 0.275 e. The molecule has 0 saturated heterocycles. The molecule has 0 aliphatic rings. The highest BCUT2D eigenvalue weighted by molar-refractivity contribution is 9.10. The summed E-state index contributed by atoms with van der Waals surface area (Å²) in [6, 6.07) is 21.7. The van der Waals surface area contributed by atoms with Crippen LogP contribution in [0, 0.1) is 5.82 Å². The van der Waals surface area contributed by atoms with E-state index < -0.39 is 5.91 Å². The molecule has 0 aliphatic heterocycles. The van der Waals surface area contributed by atoms with Crippen molar-refractivity contribution in [1.82, 2.24) is 5.43 Å². The van der Waals surface area contributed by atoms with Gasteiger partial charge < -0.3 is 14.2 Å². The average molecular weight is 632 g/mol. The van der Waals surface area contributed by atoms with E-state index in [4.69, 9.17) is 37.4 Å². The minimum atomic E-state index is -0.458. The topological polar surface area (TPSA) is 69.2 Å². The molecule has 0 radical (unpaired) electrons. The van der Waals surface area contributed by atoms with Crippen molar-refractivity contribution in [2.45, 2.75) is 13.2 Å². The van der Waals surface area contributed by atoms with Crippen LogP contribution in [-0.2, 0) is 13.2 Å². The van der Waals surface area contributed by atoms with Gasteiger partial charge in [0.15, 0.2) is 11.5 Å². The molecule has 10 heteroatoms. The minimum absolute atomic E-state index is 0.0246. The molecular weight excluding hydrogens is 610 g/mol. The van der Waals surface area contributed by atoms with Crippen molar-refractivity contribution in [3.63, 3.8) is 0 Å². The number of carbonyl (C=O) groups excluding carboxylic acids is 1. The van der Waals surface area contributed by atoms with Crippen molar-refractivity contribution >= 4 is 51.3 Å². The molecule has 0 aromatic heterocycles. The van der Waals surface area contributed by atoms with Gasteiger partial charge >= 0.3 is 0 Å². The molecule has 0 aliphatic carbocycles. The Labute approximate surface area is 243 Å². The smallest absolute Gasteiger partial charge is 0.275 e. The normalized spacial score (nSPS) is 10.9. The number of hydrogen-bond donors (Lipinski definition) is 1. The highest BCUT2D eigenvalue weighted by Crippen LogP contribution is 2.37. The lowest BCUT2D eigenvalue weighted by molar-refractivity contribution is 0.0950. The number of halogens is 4. The maximum atomic E-state index is 13.9. The zero-order chi connectivity index (χ0) is 27.8. The SMILES string of the molecule is COc1cc(/C=N/NC(=O)c2ccccc2OCc2ccc(Cl)cc2Cl)cc(Br)c1OCc1ccccc1F. The Morgan fingerprint density at radius 3 is 2.46 bits per heavy atom. The Kier molecular flexibility index (Phi) is 9.81. The van der Waals surface area contributed by atoms with E-state index in [0.717, 1.165) is 5.56 Å². The molecule has 0 spiro atoms. The summed E-state index contributed by atoms with van der Waals surface area (Å²) in [6.07, 6.45) is 1.46. The number of amides is 1. The van der Waals surface area contributed by atoms with Gasteiger partial charge in [0.05, 0.1) is 23.4 Å². The lowest BCUT2D eigenvalue weighted by atomic mass is 10.2. The third kappa shape index (κ3) is 7.50. The first-order chi connectivity index (χ1) is 18.9. The van der Waals surface area contributed by atoms with E-state index >= 15 is 0 Å². The second kappa shape index (κ2) is 13.5. The molecule has 39 heavy (non-hydrogen) atoms. The van der Waals surface area contributed by atoms with E-state index in [1.807, 2.05) is 0 Å². The van der Waals surface area contributed by atoms with Gasteiger partial charge in [-0.25, -0.2) is 9.82 Å². The molecule has 4 aromatic carbocycles. The van der Waals surface area contributed by atoms with Crippen molar-refractivity contribution in [3.8, 4) is 17.2 Å². The van der Waals surface area contributed by atoms with Gasteiger partial charge in [-0.2, -0.15) is 5.10 Å². The summed E-state index contributed by atoms with van der Waals surface area (Å²) in [4.78, 5) is 12.8. The Bertz CT molecular complexity index is 1520. The number of ether oxygens (including phenoxy) is 3. The first kappa shape index (κ1) is 28.4. The molecule has 0 unspecified atom stereocenters. The molecule has 1 N–H and O–H groups in total. The number of rotatable bonds is 10. The molecule has 0 saturated carbocycles. The summed E-state index contributed by atoms with van der Waals surface area (Å²) in [7, 11) is 1.49. The number of para-hydroxylation sites is 1. The van der Waals surface area contributed by atoms with E-state index in [9.17, 15) is 9.18 Å². The molecule has 200 valence electrons. The van der Waals surface area contributed by atoms with Gasteiger partial charge in [0.2, 0.25) is 0 Å². The summed E-state index contributed by atoms with van der Waals surface area (Å²) in [6.45, 7) is 0.180. The highest BCUT2D eigenvalue weighted by Gasteiger charge is 2.14. The van der Waals surface area contributed by atoms with Gasteiger partial charge in [0, 0.05) is 21.2 Å². The molecule has 4 aromatic rings. The van der Waals surface area contributed by atoms with Gasteiger partial charge in [-0.15, -0.1) is 0 Å².